The molecule has 27 heavy (non-hydrogen) atoms. The first-order valence-electron chi connectivity index (χ1n) is 8.96. The number of benzene rings is 2. The van der Waals surface area contributed by atoms with Gasteiger partial charge in [0.1, 0.15) is 0 Å². The van der Waals surface area contributed by atoms with Crippen LogP contribution in [0, 0.1) is 18.3 Å². The molecule has 144 valence electrons. The second kappa shape index (κ2) is 6.80. The topological polar surface area (TPSA) is 70.8 Å². The predicted molar refractivity (Wildman–Crippen MR) is 106 cm³/mol. The lowest BCUT2D eigenvalue weighted by molar-refractivity contribution is 0.0951. The Balaban J connectivity index is 1.97. The molecule has 0 radical (unpaired) electrons. The third kappa shape index (κ3) is 3.11. The number of ketones is 1. The lowest BCUT2D eigenvalue weighted by Gasteiger charge is -2.14. The van der Waals surface area contributed by atoms with Gasteiger partial charge in [0.15, 0.2) is 17.3 Å². The summed E-state index contributed by atoms with van der Waals surface area (Å²) >= 11 is 0. The van der Waals surface area contributed by atoms with Crippen molar-refractivity contribution in [1.29, 1.82) is 0 Å². The van der Waals surface area contributed by atoms with Crippen LogP contribution in [0.2, 0.25) is 0 Å². The van der Waals surface area contributed by atoms with Gasteiger partial charge in [0.25, 0.3) is 0 Å². The summed E-state index contributed by atoms with van der Waals surface area (Å²) in [5.74, 6) is 1.52. The number of methoxy groups -OCH3 is 3. The van der Waals surface area contributed by atoms with Gasteiger partial charge >= 0.3 is 0 Å². The van der Waals surface area contributed by atoms with Crippen molar-refractivity contribution in [2.75, 3.05) is 27.1 Å². The smallest absolute Gasteiger partial charge is 0.203 e. The molecular formula is C22H27NO4. The van der Waals surface area contributed by atoms with E-state index in [1.807, 2.05) is 19.1 Å². The van der Waals surface area contributed by atoms with E-state index in [0.29, 0.717) is 22.8 Å². The molecule has 1 saturated carbocycles. The summed E-state index contributed by atoms with van der Waals surface area (Å²) in [7, 11) is 4.64. The van der Waals surface area contributed by atoms with Crippen molar-refractivity contribution in [2.24, 2.45) is 11.3 Å². The monoisotopic (exact) mass is 369 g/mol. The van der Waals surface area contributed by atoms with E-state index in [1.54, 1.807) is 33.5 Å². The first-order valence-corrected chi connectivity index (χ1v) is 8.96. The Morgan fingerprint density at radius 3 is 2.07 bits per heavy atom. The Labute approximate surface area is 160 Å². The molecular weight excluding hydrogens is 342 g/mol. The molecule has 2 unspecified atom stereocenters. The minimum atomic E-state index is -0.140. The number of anilines is 1. The largest absolute Gasteiger partial charge is 0.493 e. The number of hydrogen-bond donors (Lipinski definition) is 1. The van der Waals surface area contributed by atoms with Crippen LogP contribution in [0.1, 0.15) is 41.3 Å². The van der Waals surface area contributed by atoms with Crippen LogP contribution in [-0.4, -0.2) is 27.1 Å². The molecule has 1 aliphatic carbocycles. The summed E-state index contributed by atoms with van der Waals surface area (Å²) in [5.41, 5.74) is 9.41. The van der Waals surface area contributed by atoms with Crippen LogP contribution in [0.15, 0.2) is 30.3 Å². The van der Waals surface area contributed by atoms with E-state index in [4.69, 9.17) is 19.9 Å². The van der Waals surface area contributed by atoms with Crippen molar-refractivity contribution >= 4 is 11.5 Å². The minimum absolute atomic E-state index is 0.0726. The highest BCUT2D eigenvalue weighted by Crippen LogP contribution is 2.65. The Hall–Kier alpha value is -2.69. The zero-order chi connectivity index (χ0) is 19.9. The van der Waals surface area contributed by atoms with Crippen LogP contribution in [0.3, 0.4) is 0 Å². The van der Waals surface area contributed by atoms with Gasteiger partial charge in [0.05, 0.1) is 21.3 Å². The summed E-state index contributed by atoms with van der Waals surface area (Å²) in [6, 6.07) is 9.52. The molecule has 2 N–H and O–H groups in total. The molecule has 0 saturated heterocycles. The van der Waals surface area contributed by atoms with Crippen molar-refractivity contribution in [3.05, 3.63) is 47.0 Å². The highest BCUT2D eigenvalue weighted by molar-refractivity contribution is 6.02. The maximum atomic E-state index is 13.3. The van der Waals surface area contributed by atoms with Gasteiger partial charge in [-0.25, -0.2) is 0 Å². The molecule has 0 amide bonds. The third-order valence-corrected chi connectivity index (χ3v) is 5.72. The average molecular weight is 369 g/mol. The van der Waals surface area contributed by atoms with E-state index in [2.05, 4.69) is 19.9 Å². The predicted octanol–water partition coefficient (Wildman–Crippen LogP) is 4.23. The van der Waals surface area contributed by atoms with Crippen LogP contribution < -0.4 is 19.9 Å². The molecule has 5 heteroatoms. The second-order valence-corrected chi connectivity index (χ2v) is 7.67. The van der Waals surface area contributed by atoms with Crippen LogP contribution in [0.25, 0.3) is 0 Å². The molecule has 0 aliphatic heterocycles. The van der Waals surface area contributed by atoms with Gasteiger partial charge in [-0.15, -0.1) is 0 Å². The van der Waals surface area contributed by atoms with E-state index in [9.17, 15) is 4.79 Å². The Bertz CT molecular complexity index is 863. The van der Waals surface area contributed by atoms with Gasteiger partial charge in [-0.3, -0.25) is 4.79 Å². The maximum Gasteiger partial charge on any atom is 0.203 e. The van der Waals surface area contributed by atoms with Crippen molar-refractivity contribution in [1.82, 2.24) is 0 Å². The van der Waals surface area contributed by atoms with E-state index in [-0.39, 0.29) is 23.0 Å². The molecule has 2 aromatic carbocycles. The van der Waals surface area contributed by atoms with Crippen molar-refractivity contribution in [3.63, 3.8) is 0 Å². The fraction of sp³-hybridized carbons (Fsp3) is 0.409. The Kier molecular flexibility index (Phi) is 4.81. The number of ether oxygens (including phenoxy) is 3. The summed E-state index contributed by atoms with van der Waals surface area (Å²) in [5, 5.41) is 0. The first-order chi connectivity index (χ1) is 12.8. The molecule has 0 aromatic heterocycles. The standard InChI is InChI=1S/C22H27NO4/c1-12-7-8-13(9-15(12)23)18-19(22(18,2)3)20(24)14-10-16(25-4)21(27-6)17(11-14)26-5/h7-11,18-19H,23H2,1-6H3. The van der Waals surface area contributed by atoms with Crippen molar-refractivity contribution in [2.45, 2.75) is 26.7 Å². The summed E-state index contributed by atoms with van der Waals surface area (Å²) < 4.78 is 16.1. The number of carbonyl (C=O) groups is 1. The molecule has 1 fully saturated rings. The second-order valence-electron chi connectivity index (χ2n) is 7.67. The minimum Gasteiger partial charge on any atom is -0.493 e. The lowest BCUT2D eigenvalue weighted by atomic mass is 10.0. The number of Topliss-reactive ketones (excluding diaryl/α,β-unsaturated/α-hetero) is 1. The fourth-order valence-electron chi connectivity index (χ4n) is 4.00. The number of nitrogen functional groups attached to an aromatic ring is 1. The number of rotatable bonds is 6. The maximum absolute atomic E-state index is 13.3. The van der Waals surface area contributed by atoms with Crippen LogP contribution in [0.5, 0.6) is 17.2 Å². The highest BCUT2D eigenvalue weighted by atomic mass is 16.5. The molecule has 5 nitrogen and oxygen atoms in total. The molecule has 2 atom stereocenters. The van der Waals surface area contributed by atoms with E-state index in [1.165, 1.54) is 0 Å². The summed E-state index contributed by atoms with van der Waals surface area (Å²) in [4.78, 5) is 13.3. The van der Waals surface area contributed by atoms with Crippen LogP contribution in [-0.2, 0) is 0 Å². The zero-order valence-corrected chi connectivity index (χ0v) is 16.8. The molecule has 1 aliphatic rings. The van der Waals surface area contributed by atoms with E-state index < -0.39 is 0 Å². The highest BCUT2D eigenvalue weighted by Gasteiger charge is 2.62. The molecule has 0 spiro atoms. The Morgan fingerprint density at radius 2 is 1.59 bits per heavy atom. The Morgan fingerprint density at radius 1 is 1.00 bits per heavy atom. The number of hydrogen-bond acceptors (Lipinski definition) is 5. The van der Waals surface area contributed by atoms with Gasteiger partial charge in [0.2, 0.25) is 5.75 Å². The number of carbonyl (C=O) groups excluding carboxylic acids is 1. The molecule has 3 rings (SSSR count). The van der Waals surface area contributed by atoms with Crippen LogP contribution in [0.4, 0.5) is 5.69 Å². The van der Waals surface area contributed by atoms with Crippen molar-refractivity contribution < 1.29 is 19.0 Å². The number of nitrogens with two attached hydrogens (primary N) is 1. The van der Waals surface area contributed by atoms with Gasteiger partial charge in [-0.2, -0.15) is 0 Å². The van der Waals surface area contributed by atoms with Gasteiger partial charge in [-0.1, -0.05) is 26.0 Å². The summed E-state index contributed by atoms with van der Waals surface area (Å²) in [6.45, 7) is 6.22. The normalized spacial score (nSPS) is 20.1. The van der Waals surface area contributed by atoms with Gasteiger partial charge in [-0.05, 0) is 41.7 Å². The lowest BCUT2D eigenvalue weighted by Crippen LogP contribution is -2.08. The first kappa shape index (κ1) is 19.1. The SMILES string of the molecule is COc1cc(C(=O)C2C(c3ccc(C)c(N)c3)C2(C)C)cc(OC)c1OC. The fourth-order valence-corrected chi connectivity index (χ4v) is 4.00. The molecule has 2 aromatic rings. The molecule has 0 heterocycles. The van der Waals surface area contributed by atoms with Gasteiger partial charge < -0.3 is 19.9 Å². The molecule has 0 bridgehead atoms. The van der Waals surface area contributed by atoms with E-state index in [0.717, 1.165) is 16.8 Å². The van der Waals surface area contributed by atoms with Gasteiger partial charge in [0, 0.05) is 23.1 Å². The number of aryl methyl sites for hydroxylation is 1. The summed E-state index contributed by atoms with van der Waals surface area (Å²) in [6.07, 6.45) is 0. The third-order valence-electron chi connectivity index (χ3n) is 5.72. The quantitative estimate of drug-likeness (QED) is 0.610. The van der Waals surface area contributed by atoms with Crippen molar-refractivity contribution in [3.8, 4) is 17.2 Å². The van der Waals surface area contributed by atoms with Crippen LogP contribution >= 0.6 is 0 Å². The average Bonchev–Trinajstić information content (AvgIpc) is 3.23. The van der Waals surface area contributed by atoms with E-state index >= 15 is 0 Å². The zero-order valence-electron chi connectivity index (χ0n) is 16.8.